The van der Waals surface area contributed by atoms with E-state index in [9.17, 15) is 8.78 Å². The van der Waals surface area contributed by atoms with Gasteiger partial charge < -0.3 is 10.1 Å². The number of halogens is 2. The van der Waals surface area contributed by atoms with E-state index in [0.29, 0.717) is 19.1 Å². The van der Waals surface area contributed by atoms with Crippen molar-refractivity contribution in [2.75, 3.05) is 13.2 Å². The first-order chi connectivity index (χ1) is 10.2. The van der Waals surface area contributed by atoms with E-state index in [0.717, 1.165) is 30.3 Å². The molecule has 0 saturated carbocycles. The summed E-state index contributed by atoms with van der Waals surface area (Å²) in [4.78, 5) is 0. The topological polar surface area (TPSA) is 21.3 Å². The molecule has 2 aromatic carbocycles. The highest BCUT2D eigenvalue weighted by Gasteiger charge is 2.20. The zero-order valence-corrected chi connectivity index (χ0v) is 11.6. The maximum Gasteiger partial charge on any atom is 0.159 e. The van der Waals surface area contributed by atoms with E-state index in [1.807, 2.05) is 18.2 Å². The quantitative estimate of drug-likeness (QED) is 0.928. The molecule has 0 aliphatic carbocycles. The van der Waals surface area contributed by atoms with Crippen molar-refractivity contribution >= 4 is 0 Å². The van der Waals surface area contributed by atoms with Gasteiger partial charge in [0.15, 0.2) is 11.6 Å². The van der Waals surface area contributed by atoms with E-state index in [1.165, 1.54) is 11.6 Å². The maximum atomic E-state index is 13.1. The van der Waals surface area contributed by atoms with Crippen LogP contribution in [-0.2, 0) is 6.54 Å². The SMILES string of the molecule is Fc1ccc(CNCC2CCOc3ccccc32)cc1F. The van der Waals surface area contributed by atoms with E-state index >= 15 is 0 Å². The van der Waals surface area contributed by atoms with E-state index in [1.54, 1.807) is 6.07 Å². The standard InChI is InChI=1S/C17H17F2NO/c18-15-6-5-12(9-16(15)19)10-20-11-13-7-8-21-17-4-2-1-3-14(13)17/h1-6,9,13,20H,7-8,10-11H2. The molecule has 4 heteroatoms. The summed E-state index contributed by atoms with van der Waals surface area (Å²) in [5.74, 6) is -0.272. The molecule has 1 unspecified atom stereocenters. The van der Waals surface area contributed by atoms with Crippen molar-refractivity contribution in [2.45, 2.75) is 18.9 Å². The number of benzene rings is 2. The first kappa shape index (κ1) is 14.0. The zero-order chi connectivity index (χ0) is 14.7. The number of ether oxygens (including phenoxy) is 1. The first-order valence-electron chi connectivity index (χ1n) is 7.10. The van der Waals surface area contributed by atoms with Crippen molar-refractivity contribution in [3.8, 4) is 5.75 Å². The van der Waals surface area contributed by atoms with Crippen LogP contribution in [0, 0.1) is 11.6 Å². The van der Waals surface area contributed by atoms with Crippen molar-refractivity contribution in [3.05, 3.63) is 65.2 Å². The van der Waals surface area contributed by atoms with Crippen molar-refractivity contribution < 1.29 is 13.5 Å². The van der Waals surface area contributed by atoms with Crippen LogP contribution in [-0.4, -0.2) is 13.2 Å². The normalized spacial score (nSPS) is 17.1. The Morgan fingerprint density at radius 3 is 2.81 bits per heavy atom. The van der Waals surface area contributed by atoms with Crippen LogP contribution in [0.4, 0.5) is 8.78 Å². The largest absolute Gasteiger partial charge is 0.493 e. The van der Waals surface area contributed by atoms with Gasteiger partial charge in [0.05, 0.1) is 6.61 Å². The van der Waals surface area contributed by atoms with E-state index < -0.39 is 11.6 Å². The fourth-order valence-electron chi connectivity index (χ4n) is 2.67. The number of fused-ring (bicyclic) bond motifs is 1. The van der Waals surface area contributed by atoms with Gasteiger partial charge in [0, 0.05) is 19.0 Å². The molecule has 2 aromatic rings. The predicted molar refractivity (Wildman–Crippen MR) is 77.4 cm³/mol. The summed E-state index contributed by atoms with van der Waals surface area (Å²) >= 11 is 0. The lowest BCUT2D eigenvalue weighted by molar-refractivity contribution is 0.264. The fraction of sp³-hybridized carbons (Fsp3) is 0.294. The van der Waals surface area contributed by atoms with Crippen molar-refractivity contribution in [3.63, 3.8) is 0 Å². The third kappa shape index (κ3) is 3.22. The zero-order valence-electron chi connectivity index (χ0n) is 11.6. The van der Waals surface area contributed by atoms with Gasteiger partial charge in [0.1, 0.15) is 5.75 Å². The molecule has 0 fully saturated rings. The van der Waals surface area contributed by atoms with Gasteiger partial charge in [-0.1, -0.05) is 24.3 Å². The second-order valence-electron chi connectivity index (χ2n) is 5.25. The van der Waals surface area contributed by atoms with Crippen molar-refractivity contribution in [1.29, 1.82) is 0 Å². The molecule has 3 rings (SSSR count). The third-order valence-electron chi connectivity index (χ3n) is 3.79. The van der Waals surface area contributed by atoms with Crippen LogP contribution in [0.15, 0.2) is 42.5 Å². The van der Waals surface area contributed by atoms with Gasteiger partial charge >= 0.3 is 0 Å². The molecule has 0 radical (unpaired) electrons. The molecular weight excluding hydrogens is 272 g/mol. The second kappa shape index (κ2) is 6.22. The Kier molecular flexibility index (Phi) is 4.15. The second-order valence-corrected chi connectivity index (χ2v) is 5.25. The van der Waals surface area contributed by atoms with E-state index in [4.69, 9.17) is 4.74 Å². The monoisotopic (exact) mass is 289 g/mol. The Bertz CT molecular complexity index is 630. The minimum Gasteiger partial charge on any atom is -0.493 e. The van der Waals surface area contributed by atoms with Gasteiger partial charge in [0.25, 0.3) is 0 Å². The number of hydrogen-bond donors (Lipinski definition) is 1. The lowest BCUT2D eigenvalue weighted by Crippen LogP contribution is -2.25. The molecule has 0 bridgehead atoms. The summed E-state index contributed by atoms with van der Waals surface area (Å²) in [5, 5.41) is 3.31. The van der Waals surface area contributed by atoms with Gasteiger partial charge in [-0.15, -0.1) is 0 Å². The third-order valence-corrected chi connectivity index (χ3v) is 3.79. The molecule has 1 atom stereocenters. The van der Waals surface area contributed by atoms with Gasteiger partial charge in [0.2, 0.25) is 0 Å². The summed E-state index contributed by atoms with van der Waals surface area (Å²) in [6, 6.07) is 12.0. The summed E-state index contributed by atoms with van der Waals surface area (Å²) in [5.41, 5.74) is 1.95. The molecule has 110 valence electrons. The predicted octanol–water partition coefficient (Wildman–Crippen LogP) is 3.62. The molecule has 0 amide bonds. The van der Waals surface area contributed by atoms with Crippen LogP contribution < -0.4 is 10.1 Å². The van der Waals surface area contributed by atoms with Crippen LogP contribution in [0.25, 0.3) is 0 Å². The Balaban J connectivity index is 1.60. The van der Waals surface area contributed by atoms with E-state index in [-0.39, 0.29) is 0 Å². The molecule has 0 aromatic heterocycles. The molecule has 0 saturated heterocycles. The van der Waals surface area contributed by atoms with Crippen LogP contribution in [0.2, 0.25) is 0 Å². The molecule has 21 heavy (non-hydrogen) atoms. The first-order valence-corrected chi connectivity index (χ1v) is 7.10. The van der Waals surface area contributed by atoms with E-state index in [2.05, 4.69) is 11.4 Å². The number of nitrogens with one attached hydrogen (secondary N) is 1. The van der Waals surface area contributed by atoms with Gasteiger partial charge in [-0.05, 0) is 35.7 Å². The minimum atomic E-state index is -0.808. The molecule has 0 spiro atoms. The smallest absolute Gasteiger partial charge is 0.159 e. The van der Waals surface area contributed by atoms with Crippen LogP contribution in [0.1, 0.15) is 23.5 Å². The molecule has 2 nitrogen and oxygen atoms in total. The minimum absolute atomic E-state index is 0.389. The summed E-state index contributed by atoms with van der Waals surface area (Å²) in [6.45, 7) is 2.03. The number of para-hydroxylation sites is 1. The van der Waals surface area contributed by atoms with Crippen molar-refractivity contribution in [1.82, 2.24) is 5.32 Å². The van der Waals surface area contributed by atoms with Crippen LogP contribution in [0.3, 0.4) is 0 Å². The summed E-state index contributed by atoms with van der Waals surface area (Å²) in [7, 11) is 0. The summed E-state index contributed by atoms with van der Waals surface area (Å²) < 4.78 is 31.6. The van der Waals surface area contributed by atoms with Crippen molar-refractivity contribution in [2.24, 2.45) is 0 Å². The highest BCUT2D eigenvalue weighted by atomic mass is 19.2. The van der Waals surface area contributed by atoms with Gasteiger partial charge in [-0.2, -0.15) is 0 Å². The van der Waals surface area contributed by atoms with Crippen LogP contribution >= 0.6 is 0 Å². The van der Waals surface area contributed by atoms with Crippen LogP contribution in [0.5, 0.6) is 5.75 Å². The lowest BCUT2D eigenvalue weighted by atomic mass is 9.93. The van der Waals surface area contributed by atoms with Gasteiger partial charge in [-0.25, -0.2) is 8.78 Å². The molecule has 1 N–H and O–H groups in total. The Morgan fingerprint density at radius 2 is 1.95 bits per heavy atom. The fourth-order valence-corrected chi connectivity index (χ4v) is 2.67. The molecular formula is C17H17F2NO. The van der Waals surface area contributed by atoms with Gasteiger partial charge in [-0.3, -0.25) is 0 Å². The summed E-state index contributed by atoms with van der Waals surface area (Å²) in [6.07, 6.45) is 0.960. The highest BCUT2D eigenvalue weighted by molar-refractivity contribution is 5.37. The molecule has 1 heterocycles. The average molecular weight is 289 g/mol. The number of rotatable bonds is 4. The number of hydrogen-bond acceptors (Lipinski definition) is 2. The highest BCUT2D eigenvalue weighted by Crippen LogP contribution is 2.32. The average Bonchev–Trinajstić information content (AvgIpc) is 2.51. The lowest BCUT2D eigenvalue weighted by Gasteiger charge is -2.26. The Morgan fingerprint density at radius 1 is 1.10 bits per heavy atom. The molecule has 1 aliphatic heterocycles. The molecule has 1 aliphatic rings. The Hall–Kier alpha value is -1.94. The maximum absolute atomic E-state index is 13.1. The Labute approximate surface area is 122 Å².